The maximum absolute atomic E-state index is 4.14. The third-order valence-corrected chi connectivity index (χ3v) is 0.763. The number of hydrogen-bond acceptors (Lipinski definition) is 1. The van der Waals surface area contributed by atoms with Gasteiger partial charge in [-0.25, -0.2) is 4.99 Å². The van der Waals surface area contributed by atoms with Crippen molar-refractivity contribution in [2.24, 2.45) is 4.99 Å². The maximum atomic E-state index is 4.14. The molecule has 0 saturated heterocycles. The van der Waals surface area contributed by atoms with Crippen LogP contribution in [0.15, 0.2) is 23.2 Å². The first kappa shape index (κ1) is 9.19. The van der Waals surface area contributed by atoms with Gasteiger partial charge in [-0.05, 0) is 39.6 Å². The monoisotopic (exact) mass is 137 g/mol. The van der Waals surface area contributed by atoms with Crippen LogP contribution in [0.3, 0.4) is 0 Å². The maximum Gasteiger partial charge on any atom is 0.0618 e. The van der Waals surface area contributed by atoms with Crippen LogP contribution >= 0.6 is 0 Å². The van der Waals surface area contributed by atoms with E-state index in [4.69, 9.17) is 0 Å². The highest BCUT2D eigenvalue weighted by atomic mass is 14.8. The number of aliphatic imine (C=N–C) groups is 1. The molecule has 0 fully saturated rings. The Labute approximate surface area is 63.2 Å². The van der Waals surface area contributed by atoms with Crippen molar-refractivity contribution in [1.82, 2.24) is 0 Å². The lowest BCUT2D eigenvalue weighted by atomic mass is 10.1. The summed E-state index contributed by atoms with van der Waals surface area (Å²) in [5.74, 6) is 2.84. The Balaban J connectivity index is 3.98. The molecule has 56 valence electrons. The summed E-state index contributed by atoms with van der Waals surface area (Å²) in [6.45, 7) is 8.10. The van der Waals surface area contributed by atoms with Crippen LogP contribution in [0.5, 0.6) is 0 Å². The molecule has 0 saturated carbocycles. The molecule has 0 radical (unpaired) electrons. The van der Waals surface area contributed by atoms with Crippen LogP contribution in [0.25, 0.3) is 0 Å². The molecule has 0 aliphatic heterocycles. The SMILES string of the molecule is C/C=C/C=C=NC(C)(C)C. The Bertz CT molecular complexity index is 164. The minimum atomic E-state index is -0.00190. The largest absolute Gasteiger partial charge is 0.237 e. The van der Waals surface area contributed by atoms with Crippen molar-refractivity contribution in [2.45, 2.75) is 33.2 Å². The second kappa shape index (κ2) is 4.08. The summed E-state index contributed by atoms with van der Waals surface area (Å²) >= 11 is 0. The fraction of sp³-hybridized carbons (Fsp3) is 0.556. The van der Waals surface area contributed by atoms with Gasteiger partial charge in [0.05, 0.1) is 5.54 Å². The standard InChI is InChI=1S/C9H15N/c1-5-6-7-8-10-9(2,3)4/h5-7H,1-4H3/b6-5+. The van der Waals surface area contributed by atoms with Crippen molar-refractivity contribution >= 4 is 5.87 Å². The zero-order valence-corrected chi connectivity index (χ0v) is 7.18. The molecule has 0 rings (SSSR count). The van der Waals surface area contributed by atoms with Crippen LogP contribution in [-0.2, 0) is 0 Å². The van der Waals surface area contributed by atoms with Gasteiger partial charge in [0.25, 0.3) is 0 Å². The zero-order valence-electron chi connectivity index (χ0n) is 7.18. The highest BCUT2D eigenvalue weighted by Gasteiger charge is 2.03. The summed E-state index contributed by atoms with van der Waals surface area (Å²) in [5.41, 5.74) is -0.00190. The number of rotatable bonds is 1. The molecule has 0 heterocycles. The summed E-state index contributed by atoms with van der Waals surface area (Å²) in [5, 5.41) is 0. The fourth-order valence-electron chi connectivity index (χ4n) is 0.370. The lowest BCUT2D eigenvalue weighted by Gasteiger charge is -2.07. The molecule has 0 aliphatic carbocycles. The minimum Gasteiger partial charge on any atom is -0.237 e. The molecule has 0 aromatic carbocycles. The van der Waals surface area contributed by atoms with Gasteiger partial charge in [-0.2, -0.15) is 0 Å². The quantitative estimate of drug-likeness (QED) is 0.389. The van der Waals surface area contributed by atoms with Crippen LogP contribution in [0.4, 0.5) is 0 Å². The molecule has 0 bridgehead atoms. The van der Waals surface area contributed by atoms with Gasteiger partial charge < -0.3 is 0 Å². The molecule has 0 aliphatic rings. The molecule has 0 amide bonds. The molecule has 0 atom stereocenters. The third-order valence-electron chi connectivity index (χ3n) is 0.763. The third kappa shape index (κ3) is 7.19. The van der Waals surface area contributed by atoms with E-state index in [1.807, 2.05) is 45.9 Å². The highest BCUT2D eigenvalue weighted by Crippen LogP contribution is 2.03. The van der Waals surface area contributed by atoms with Crippen LogP contribution in [0.1, 0.15) is 27.7 Å². The first-order valence-electron chi connectivity index (χ1n) is 3.48. The summed E-state index contributed by atoms with van der Waals surface area (Å²) in [7, 11) is 0. The summed E-state index contributed by atoms with van der Waals surface area (Å²) in [4.78, 5) is 4.14. The molecule has 0 unspecified atom stereocenters. The molecular formula is C9H15N. The van der Waals surface area contributed by atoms with Gasteiger partial charge >= 0.3 is 0 Å². The van der Waals surface area contributed by atoms with Crippen LogP contribution in [-0.4, -0.2) is 11.4 Å². The summed E-state index contributed by atoms with van der Waals surface area (Å²) in [6, 6.07) is 0. The van der Waals surface area contributed by atoms with Gasteiger partial charge in [0, 0.05) is 0 Å². The van der Waals surface area contributed by atoms with Crippen molar-refractivity contribution in [3.05, 3.63) is 18.2 Å². The van der Waals surface area contributed by atoms with Crippen molar-refractivity contribution in [2.75, 3.05) is 0 Å². The number of nitrogens with zero attached hydrogens (tertiary/aromatic N) is 1. The van der Waals surface area contributed by atoms with Crippen LogP contribution < -0.4 is 0 Å². The first-order valence-corrected chi connectivity index (χ1v) is 3.48. The second-order valence-electron chi connectivity index (χ2n) is 3.10. The van der Waals surface area contributed by atoms with E-state index in [0.717, 1.165) is 0 Å². The normalized spacial score (nSPS) is 11.2. The second-order valence-corrected chi connectivity index (χ2v) is 3.10. The van der Waals surface area contributed by atoms with E-state index in [1.165, 1.54) is 0 Å². The van der Waals surface area contributed by atoms with Gasteiger partial charge in [0.1, 0.15) is 0 Å². The lowest BCUT2D eigenvalue weighted by molar-refractivity contribution is 0.588. The predicted molar refractivity (Wildman–Crippen MR) is 46.6 cm³/mol. The molecule has 1 heteroatoms. The van der Waals surface area contributed by atoms with E-state index >= 15 is 0 Å². The summed E-state index contributed by atoms with van der Waals surface area (Å²) < 4.78 is 0. The Hall–Kier alpha value is -0.810. The van der Waals surface area contributed by atoms with E-state index in [9.17, 15) is 0 Å². The topological polar surface area (TPSA) is 12.4 Å². The molecule has 10 heavy (non-hydrogen) atoms. The molecule has 0 aromatic heterocycles. The summed E-state index contributed by atoms with van der Waals surface area (Å²) in [6.07, 6.45) is 5.67. The fourth-order valence-corrected chi connectivity index (χ4v) is 0.370. The van der Waals surface area contributed by atoms with Crippen molar-refractivity contribution in [1.29, 1.82) is 0 Å². The number of hydrogen-bond donors (Lipinski definition) is 0. The Morgan fingerprint density at radius 1 is 1.30 bits per heavy atom. The van der Waals surface area contributed by atoms with Gasteiger partial charge in [0.15, 0.2) is 0 Å². The Morgan fingerprint density at radius 3 is 2.30 bits per heavy atom. The number of allylic oxidation sites excluding steroid dienone is 3. The van der Waals surface area contributed by atoms with E-state index in [2.05, 4.69) is 10.9 Å². The molecular weight excluding hydrogens is 122 g/mol. The van der Waals surface area contributed by atoms with Gasteiger partial charge in [0.2, 0.25) is 0 Å². The Kier molecular flexibility index (Phi) is 3.75. The molecule has 0 spiro atoms. The van der Waals surface area contributed by atoms with E-state index in [-0.39, 0.29) is 5.54 Å². The van der Waals surface area contributed by atoms with Crippen molar-refractivity contribution < 1.29 is 0 Å². The van der Waals surface area contributed by atoms with E-state index < -0.39 is 0 Å². The average molecular weight is 137 g/mol. The minimum absolute atomic E-state index is 0.00190. The highest BCUT2D eigenvalue weighted by molar-refractivity contribution is 5.55. The average Bonchev–Trinajstić information content (AvgIpc) is 1.78. The smallest absolute Gasteiger partial charge is 0.0618 e. The van der Waals surface area contributed by atoms with Gasteiger partial charge in [-0.1, -0.05) is 12.2 Å². The van der Waals surface area contributed by atoms with Crippen molar-refractivity contribution in [3.63, 3.8) is 0 Å². The van der Waals surface area contributed by atoms with Gasteiger partial charge in [-0.3, -0.25) is 0 Å². The predicted octanol–water partition coefficient (Wildman–Crippen LogP) is 2.59. The lowest BCUT2D eigenvalue weighted by Crippen LogP contribution is -2.07. The molecule has 0 aromatic rings. The van der Waals surface area contributed by atoms with Gasteiger partial charge in [-0.15, -0.1) is 0 Å². The zero-order chi connectivity index (χ0) is 8.04. The van der Waals surface area contributed by atoms with Crippen molar-refractivity contribution in [3.8, 4) is 0 Å². The molecule has 1 nitrogen and oxygen atoms in total. The van der Waals surface area contributed by atoms with E-state index in [0.29, 0.717) is 0 Å². The van der Waals surface area contributed by atoms with E-state index in [1.54, 1.807) is 0 Å². The first-order chi connectivity index (χ1) is 4.56. The van der Waals surface area contributed by atoms with Crippen LogP contribution in [0.2, 0.25) is 0 Å². The Morgan fingerprint density at radius 2 is 1.90 bits per heavy atom. The van der Waals surface area contributed by atoms with Crippen LogP contribution in [0, 0.1) is 0 Å². The molecule has 0 N–H and O–H groups in total.